The van der Waals surface area contributed by atoms with Crippen LogP contribution in [0.3, 0.4) is 0 Å². The summed E-state index contributed by atoms with van der Waals surface area (Å²) in [5, 5.41) is 9.00. The Balaban J connectivity index is 1.61. The van der Waals surface area contributed by atoms with Gasteiger partial charge in [0.2, 0.25) is 17.7 Å². The molecule has 2 heterocycles. The molecule has 44 heavy (non-hydrogen) atoms. The largest absolute Gasteiger partial charge is 0.491 e. The minimum atomic E-state index is -0.945. The van der Waals surface area contributed by atoms with Crippen molar-refractivity contribution in [1.29, 1.82) is 0 Å². The Hall–Kier alpha value is -3.92. The van der Waals surface area contributed by atoms with Crippen LogP contribution >= 0.6 is 0 Å². The summed E-state index contributed by atoms with van der Waals surface area (Å²) in [7, 11) is 1.62. The van der Waals surface area contributed by atoms with Gasteiger partial charge in [-0.1, -0.05) is 63.2 Å². The maximum Gasteiger partial charge on any atom is 0.255 e. The Kier molecular flexibility index (Phi) is 11.8. The fourth-order valence-corrected chi connectivity index (χ4v) is 5.89. The van der Waals surface area contributed by atoms with Gasteiger partial charge in [0, 0.05) is 32.5 Å². The molecule has 0 bridgehead atoms. The number of rotatable bonds is 7. The molecule has 10 heteroatoms. The number of benzene rings is 2. The maximum atomic E-state index is 13.8. The van der Waals surface area contributed by atoms with Crippen LogP contribution < -0.4 is 20.7 Å². The molecule has 0 aliphatic carbocycles. The average Bonchev–Trinajstić information content (AvgIpc) is 3.49. The van der Waals surface area contributed by atoms with Crippen molar-refractivity contribution in [3.8, 4) is 5.75 Å². The maximum absolute atomic E-state index is 13.8. The molecule has 10 nitrogen and oxygen atoms in total. The van der Waals surface area contributed by atoms with E-state index in [1.165, 1.54) is 4.90 Å². The van der Waals surface area contributed by atoms with Gasteiger partial charge in [-0.05, 0) is 56.0 Å². The highest BCUT2D eigenvalue weighted by molar-refractivity contribution is 5.99. The highest BCUT2D eigenvalue weighted by Crippen LogP contribution is 2.21. The van der Waals surface area contributed by atoms with E-state index in [2.05, 4.69) is 27.8 Å². The Morgan fingerprint density at radius 2 is 1.75 bits per heavy atom. The fourth-order valence-electron chi connectivity index (χ4n) is 5.89. The van der Waals surface area contributed by atoms with Gasteiger partial charge in [-0.25, -0.2) is 0 Å². The molecule has 0 aromatic heterocycles. The summed E-state index contributed by atoms with van der Waals surface area (Å²) in [5.41, 5.74) is 1.21. The van der Waals surface area contributed by atoms with Gasteiger partial charge in [-0.3, -0.25) is 24.1 Å². The number of para-hydroxylation sites is 1. The normalized spacial score (nSPS) is 24.0. The van der Waals surface area contributed by atoms with Crippen molar-refractivity contribution in [2.75, 3.05) is 33.3 Å². The standard InChI is InChI=1S/C34H47N5O5/c1-5-39-19-11-14-25(39)21-35-33(42)27-17-18-31(40)38(4)29(20-24-12-7-6-8-13-24)34(43)37-28(23(2)3)22-44-30-16-10-9-15-26(30)32(41)36-27/h6-10,12-13,15-16,23,25,27-29H,5,11,14,17-22H2,1-4H3,(H,35,42)(H,36,41)(H,37,43)/t25-,27-,28-,29-/m0/s1. The monoisotopic (exact) mass is 605 g/mol. The molecule has 0 spiro atoms. The van der Waals surface area contributed by atoms with Gasteiger partial charge in [0.1, 0.15) is 24.4 Å². The highest BCUT2D eigenvalue weighted by atomic mass is 16.5. The topological polar surface area (TPSA) is 120 Å². The van der Waals surface area contributed by atoms with E-state index >= 15 is 0 Å². The Labute approximate surface area is 260 Å². The summed E-state index contributed by atoms with van der Waals surface area (Å²) in [6.07, 6.45) is 2.48. The average molecular weight is 606 g/mol. The van der Waals surface area contributed by atoms with Crippen LogP contribution in [0.5, 0.6) is 5.75 Å². The summed E-state index contributed by atoms with van der Waals surface area (Å²) >= 11 is 0. The Bertz CT molecular complexity index is 1290. The van der Waals surface area contributed by atoms with Crippen LogP contribution in [0.1, 0.15) is 62.4 Å². The van der Waals surface area contributed by atoms with Crippen LogP contribution in [-0.4, -0.2) is 90.9 Å². The number of hydrogen-bond donors (Lipinski definition) is 3. The molecule has 3 N–H and O–H groups in total. The number of ether oxygens (including phenoxy) is 1. The number of likely N-dealkylation sites (N-methyl/N-ethyl adjacent to an activating group) is 2. The number of amides is 4. The number of nitrogens with one attached hydrogen (secondary N) is 3. The van der Waals surface area contributed by atoms with E-state index in [0.717, 1.165) is 31.5 Å². The van der Waals surface area contributed by atoms with Crippen LogP contribution in [0.4, 0.5) is 0 Å². The van der Waals surface area contributed by atoms with Gasteiger partial charge >= 0.3 is 0 Å². The summed E-state index contributed by atoms with van der Waals surface area (Å²) in [4.78, 5) is 58.2. The van der Waals surface area contributed by atoms with Crippen LogP contribution in [0, 0.1) is 5.92 Å². The summed E-state index contributed by atoms with van der Waals surface area (Å²) in [6, 6.07) is 14.6. The molecule has 238 valence electrons. The van der Waals surface area contributed by atoms with Crippen molar-refractivity contribution in [3.63, 3.8) is 0 Å². The molecule has 4 amide bonds. The Morgan fingerprint density at radius 1 is 1.02 bits per heavy atom. The minimum absolute atomic E-state index is 0.0191. The number of hydrogen-bond acceptors (Lipinski definition) is 6. The second-order valence-corrected chi connectivity index (χ2v) is 12.1. The molecular formula is C34H47N5O5. The summed E-state index contributed by atoms with van der Waals surface area (Å²) in [5.74, 6) is -0.982. The molecule has 2 aromatic carbocycles. The van der Waals surface area contributed by atoms with E-state index in [4.69, 9.17) is 4.74 Å². The minimum Gasteiger partial charge on any atom is -0.491 e. The molecule has 2 aromatic rings. The molecule has 4 rings (SSSR count). The van der Waals surface area contributed by atoms with Crippen molar-refractivity contribution in [2.24, 2.45) is 5.92 Å². The van der Waals surface area contributed by atoms with Crippen molar-refractivity contribution in [3.05, 3.63) is 65.7 Å². The molecule has 1 fully saturated rings. The number of likely N-dealkylation sites (tertiary alicyclic amines) is 1. The molecule has 0 radical (unpaired) electrons. The first-order chi connectivity index (χ1) is 21.2. The third-order valence-corrected chi connectivity index (χ3v) is 8.80. The van der Waals surface area contributed by atoms with Crippen LogP contribution in [-0.2, 0) is 20.8 Å². The third-order valence-electron chi connectivity index (χ3n) is 8.80. The zero-order valence-electron chi connectivity index (χ0n) is 26.4. The molecule has 1 saturated heterocycles. The first kappa shape index (κ1) is 33.0. The Morgan fingerprint density at radius 3 is 2.48 bits per heavy atom. The highest BCUT2D eigenvalue weighted by Gasteiger charge is 2.32. The molecular weight excluding hydrogens is 558 g/mol. The van der Waals surface area contributed by atoms with E-state index in [1.807, 2.05) is 44.2 Å². The van der Waals surface area contributed by atoms with Crippen molar-refractivity contribution in [2.45, 2.75) is 77.0 Å². The smallest absolute Gasteiger partial charge is 0.255 e. The number of fused-ring (bicyclic) bond motifs is 1. The van der Waals surface area contributed by atoms with Gasteiger partial charge < -0.3 is 25.6 Å². The van der Waals surface area contributed by atoms with E-state index in [1.54, 1.807) is 31.3 Å². The number of nitrogens with zero attached hydrogens (tertiary/aromatic N) is 2. The van der Waals surface area contributed by atoms with E-state index in [0.29, 0.717) is 18.7 Å². The van der Waals surface area contributed by atoms with Crippen molar-refractivity contribution < 1.29 is 23.9 Å². The molecule has 0 saturated carbocycles. The fraction of sp³-hybridized carbons (Fsp3) is 0.529. The molecule has 2 aliphatic rings. The van der Waals surface area contributed by atoms with E-state index in [-0.39, 0.29) is 60.7 Å². The SMILES string of the molecule is CCN1CCC[C@H]1CNC(=O)[C@@H]1CCC(=O)N(C)[C@@H](Cc2ccccc2)C(=O)N[C@H](C(C)C)COc2ccccc2C(=O)N1. The summed E-state index contributed by atoms with van der Waals surface area (Å²) in [6.45, 7) is 8.59. The number of carbonyl (C=O) groups is 4. The van der Waals surface area contributed by atoms with Gasteiger partial charge in [0.15, 0.2) is 0 Å². The van der Waals surface area contributed by atoms with Gasteiger partial charge in [-0.2, -0.15) is 0 Å². The van der Waals surface area contributed by atoms with Gasteiger partial charge in [-0.15, -0.1) is 0 Å². The predicted octanol–water partition coefficient (Wildman–Crippen LogP) is 2.77. The molecule has 4 atom stereocenters. The lowest BCUT2D eigenvalue weighted by molar-refractivity contribution is -0.139. The second kappa shape index (κ2) is 15.7. The third kappa shape index (κ3) is 8.59. The predicted molar refractivity (Wildman–Crippen MR) is 169 cm³/mol. The van der Waals surface area contributed by atoms with Crippen LogP contribution in [0.15, 0.2) is 54.6 Å². The lowest BCUT2D eigenvalue weighted by atomic mass is 10.0. The van der Waals surface area contributed by atoms with Crippen LogP contribution in [0.2, 0.25) is 0 Å². The van der Waals surface area contributed by atoms with E-state index in [9.17, 15) is 19.2 Å². The van der Waals surface area contributed by atoms with Crippen molar-refractivity contribution in [1.82, 2.24) is 25.8 Å². The van der Waals surface area contributed by atoms with Crippen LogP contribution in [0.25, 0.3) is 0 Å². The molecule has 2 aliphatic heterocycles. The lowest BCUT2D eigenvalue weighted by Gasteiger charge is -2.31. The zero-order chi connectivity index (χ0) is 31.6. The summed E-state index contributed by atoms with van der Waals surface area (Å²) < 4.78 is 6.13. The zero-order valence-corrected chi connectivity index (χ0v) is 26.4. The lowest BCUT2D eigenvalue weighted by Crippen LogP contribution is -2.54. The van der Waals surface area contributed by atoms with Crippen molar-refractivity contribution >= 4 is 23.6 Å². The first-order valence-corrected chi connectivity index (χ1v) is 15.8. The first-order valence-electron chi connectivity index (χ1n) is 15.8. The van der Waals surface area contributed by atoms with Gasteiger partial charge in [0.05, 0.1) is 11.6 Å². The quantitative estimate of drug-likeness (QED) is 0.447. The number of carbonyl (C=O) groups excluding carboxylic acids is 4. The van der Waals surface area contributed by atoms with E-state index < -0.39 is 18.0 Å². The second-order valence-electron chi connectivity index (χ2n) is 12.1. The van der Waals surface area contributed by atoms with Gasteiger partial charge in [0.25, 0.3) is 5.91 Å². The molecule has 0 unspecified atom stereocenters.